The highest BCUT2D eigenvalue weighted by Crippen LogP contribution is 2.37. The van der Waals surface area contributed by atoms with Gasteiger partial charge in [0.25, 0.3) is 0 Å². The molecule has 0 aliphatic heterocycles. The molecule has 8 heteroatoms. The van der Waals surface area contributed by atoms with Crippen molar-refractivity contribution in [2.45, 2.75) is 76.8 Å². The average molecular weight is 521 g/mol. The summed E-state index contributed by atoms with van der Waals surface area (Å²) in [5, 5.41) is 4.31. The van der Waals surface area contributed by atoms with Crippen molar-refractivity contribution >= 4 is 22.6 Å². The van der Waals surface area contributed by atoms with Crippen molar-refractivity contribution in [2.24, 2.45) is 5.92 Å². The summed E-state index contributed by atoms with van der Waals surface area (Å²) >= 11 is 0. The van der Waals surface area contributed by atoms with Crippen LogP contribution >= 0.6 is 0 Å². The smallest absolute Gasteiger partial charge is 0.236 e. The molecular weight excluding hydrogens is 480 g/mol. The van der Waals surface area contributed by atoms with Gasteiger partial charge in [0.05, 0.1) is 24.4 Å². The number of carbonyl (C=O) groups excluding carboxylic acids is 2. The lowest BCUT2D eigenvalue weighted by Crippen LogP contribution is -2.56. The molecule has 1 atom stereocenters. The number of nitrogens with zero attached hydrogens (tertiary/aromatic N) is 3. The molecule has 4 rings (SSSR count). The number of oxazole rings is 1. The van der Waals surface area contributed by atoms with Gasteiger partial charge in [-0.15, -0.1) is 0 Å². The maximum atomic E-state index is 13.4. The van der Waals surface area contributed by atoms with Gasteiger partial charge < -0.3 is 14.5 Å². The van der Waals surface area contributed by atoms with Gasteiger partial charge in [0, 0.05) is 24.1 Å². The molecule has 2 heterocycles. The summed E-state index contributed by atoms with van der Waals surface area (Å²) in [6.45, 7) is 1.90. The van der Waals surface area contributed by atoms with Crippen molar-refractivity contribution < 1.29 is 18.7 Å². The molecule has 8 nitrogen and oxygen atoms in total. The van der Waals surface area contributed by atoms with Crippen LogP contribution in [0.1, 0.15) is 77.0 Å². The number of methoxy groups -OCH3 is 1. The third-order valence-corrected chi connectivity index (χ3v) is 7.72. The molecular formula is C30H40N4O4. The Bertz CT molecular complexity index is 1250. The van der Waals surface area contributed by atoms with Crippen molar-refractivity contribution in [1.82, 2.24) is 20.2 Å². The van der Waals surface area contributed by atoms with Crippen LogP contribution in [0.5, 0.6) is 5.88 Å². The number of amides is 1. The van der Waals surface area contributed by atoms with E-state index in [4.69, 9.17) is 14.1 Å². The van der Waals surface area contributed by atoms with E-state index in [1.165, 1.54) is 0 Å². The van der Waals surface area contributed by atoms with E-state index >= 15 is 0 Å². The Morgan fingerprint density at radius 1 is 1.16 bits per heavy atom. The number of para-hydroxylation sites is 1. The summed E-state index contributed by atoms with van der Waals surface area (Å²) in [6.07, 6.45) is 9.99. The number of nitrogens with one attached hydrogen (secondary N) is 1. The number of ketones is 1. The summed E-state index contributed by atoms with van der Waals surface area (Å²) in [5.74, 6) is 1.76. The number of hydrogen-bond acceptors (Lipinski definition) is 7. The number of aromatic nitrogens is 2. The average Bonchev–Trinajstić information content (AvgIpc) is 3.64. The molecule has 2 aromatic heterocycles. The van der Waals surface area contributed by atoms with Crippen LogP contribution in [0.15, 0.2) is 40.9 Å². The van der Waals surface area contributed by atoms with Gasteiger partial charge in [-0.25, -0.2) is 9.97 Å². The predicted molar refractivity (Wildman–Crippen MR) is 148 cm³/mol. The van der Waals surface area contributed by atoms with E-state index < -0.39 is 5.66 Å². The van der Waals surface area contributed by atoms with Crippen molar-refractivity contribution in [3.8, 4) is 17.2 Å². The quantitative estimate of drug-likeness (QED) is 0.223. The molecule has 204 valence electrons. The van der Waals surface area contributed by atoms with Crippen LogP contribution in [0.25, 0.3) is 22.2 Å². The van der Waals surface area contributed by atoms with Crippen LogP contribution < -0.4 is 10.1 Å². The van der Waals surface area contributed by atoms with Crippen molar-refractivity contribution in [3.05, 3.63) is 42.4 Å². The zero-order valence-electron chi connectivity index (χ0n) is 23.1. The Kier molecular flexibility index (Phi) is 9.15. The Morgan fingerprint density at radius 2 is 1.92 bits per heavy atom. The highest BCUT2D eigenvalue weighted by Gasteiger charge is 2.42. The lowest BCUT2D eigenvalue weighted by atomic mass is 9.96. The third-order valence-electron chi connectivity index (χ3n) is 7.72. The summed E-state index contributed by atoms with van der Waals surface area (Å²) in [4.78, 5) is 36.5. The number of fused-ring (bicyclic) bond motifs is 1. The Morgan fingerprint density at radius 3 is 2.63 bits per heavy atom. The SMILES string of the molecule is CCC(=O)CCCCC[C@@](NC(=O)C1CCCC1)(c1ncc(-c2cc3ccccc3nc2OC)o1)N(C)C. The number of carbonyl (C=O) groups is 2. The molecule has 1 aliphatic carbocycles. The van der Waals surface area contributed by atoms with Crippen LogP contribution in [-0.2, 0) is 15.3 Å². The third kappa shape index (κ3) is 6.07. The first kappa shape index (κ1) is 27.8. The molecule has 0 radical (unpaired) electrons. The second-order valence-corrected chi connectivity index (χ2v) is 10.4. The van der Waals surface area contributed by atoms with E-state index in [-0.39, 0.29) is 17.6 Å². The topological polar surface area (TPSA) is 97.6 Å². The molecule has 1 aliphatic rings. The van der Waals surface area contributed by atoms with Crippen molar-refractivity contribution in [1.29, 1.82) is 0 Å². The summed E-state index contributed by atoms with van der Waals surface area (Å²) in [7, 11) is 5.47. The molecule has 1 N–H and O–H groups in total. The van der Waals surface area contributed by atoms with Gasteiger partial charge in [-0.2, -0.15) is 0 Å². The number of hydrogen-bond donors (Lipinski definition) is 1. The van der Waals surface area contributed by atoms with Crippen molar-refractivity contribution in [3.63, 3.8) is 0 Å². The van der Waals surface area contributed by atoms with Crippen LogP contribution in [0.2, 0.25) is 0 Å². The van der Waals surface area contributed by atoms with E-state index in [0.717, 1.165) is 55.8 Å². The number of benzene rings is 1. The van der Waals surface area contributed by atoms with Gasteiger partial charge >= 0.3 is 0 Å². The molecule has 1 amide bonds. The second kappa shape index (κ2) is 12.5. The zero-order valence-corrected chi connectivity index (χ0v) is 23.1. The van der Waals surface area contributed by atoms with Gasteiger partial charge in [0.15, 0.2) is 11.4 Å². The van der Waals surface area contributed by atoms with E-state index in [9.17, 15) is 9.59 Å². The zero-order chi connectivity index (χ0) is 27.1. The largest absolute Gasteiger partial charge is 0.480 e. The van der Waals surface area contributed by atoms with Gasteiger partial charge in [-0.3, -0.25) is 14.5 Å². The lowest BCUT2D eigenvalue weighted by molar-refractivity contribution is -0.130. The molecule has 1 saturated carbocycles. The minimum atomic E-state index is -0.912. The fourth-order valence-electron chi connectivity index (χ4n) is 5.32. The number of ether oxygens (including phenoxy) is 1. The number of Topliss-reactive ketones (excluding diaryl/α,β-unsaturated/α-hetero) is 1. The van der Waals surface area contributed by atoms with Crippen LogP contribution in [0.3, 0.4) is 0 Å². The van der Waals surface area contributed by atoms with E-state index in [1.54, 1.807) is 13.3 Å². The van der Waals surface area contributed by atoms with E-state index in [0.29, 0.717) is 42.4 Å². The highest BCUT2D eigenvalue weighted by atomic mass is 16.5. The summed E-state index contributed by atoms with van der Waals surface area (Å²) in [5.41, 5.74) is 0.628. The van der Waals surface area contributed by atoms with Gasteiger partial charge in [-0.05, 0) is 58.3 Å². The maximum absolute atomic E-state index is 13.4. The van der Waals surface area contributed by atoms with Crippen LogP contribution in [0, 0.1) is 5.92 Å². The normalized spacial score (nSPS) is 15.6. The number of pyridine rings is 1. The second-order valence-electron chi connectivity index (χ2n) is 10.4. The van der Waals surface area contributed by atoms with Gasteiger partial charge in [0.1, 0.15) is 5.78 Å². The number of rotatable bonds is 13. The Balaban J connectivity index is 1.66. The molecule has 0 bridgehead atoms. The highest BCUT2D eigenvalue weighted by molar-refractivity contribution is 5.85. The van der Waals surface area contributed by atoms with Crippen LogP contribution in [0.4, 0.5) is 0 Å². The molecule has 0 spiro atoms. The predicted octanol–water partition coefficient (Wildman–Crippen LogP) is 5.85. The fraction of sp³-hybridized carbons (Fsp3) is 0.533. The molecule has 0 unspecified atom stereocenters. The van der Waals surface area contributed by atoms with E-state index in [1.807, 2.05) is 56.3 Å². The van der Waals surface area contributed by atoms with Crippen LogP contribution in [-0.4, -0.2) is 47.8 Å². The van der Waals surface area contributed by atoms with Crippen molar-refractivity contribution in [2.75, 3.05) is 21.2 Å². The molecule has 0 saturated heterocycles. The maximum Gasteiger partial charge on any atom is 0.236 e. The Hall–Kier alpha value is -3.26. The first-order valence-electron chi connectivity index (χ1n) is 13.8. The molecule has 3 aromatic rings. The molecule has 1 aromatic carbocycles. The monoisotopic (exact) mass is 520 g/mol. The standard InChI is InChI=1S/C30H40N4O4/c1-5-23(35)16-7-6-12-18-30(34(2)3,33-27(36)21-13-8-9-14-21)29-31-20-26(38-29)24-19-22-15-10-11-17-25(22)32-28(24)37-4/h10-11,15,17,19-21H,5-9,12-14,16,18H2,1-4H3,(H,33,36)/t30-/m0/s1. The fourth-order valence-corrected chi connectivity index (χ4v) is 5.32. The first-order chi connectivity index (χ1) is 18.4. The van der Waals surface area contributed by atoms with E-state index in [2.05, 4.69) is 10.3 Å². The summed E-state index contributed by atoms with van der Waals surface area (Å²) in [6, 6.07) is 9.84. The minimum Gasteiger partial charge on any atom is -0.480 e. The molecule has 1 fully saturated rings. The Labute approximate surface area is 225 Å². The molecule has 38 heavy (non-hydrogen) atoms. The minimum absolute atomic E-state index is 0.00992. The lowest BCUT2D eigenvalue weighted by Gasteiger charge is -2.38. The van der Waals surface area contributed by atoms with Gasteiger partial charge in [0.2, 0.25) is 17.7 Å². The number of unbranched alkanes of at least 4 members (excludes halogenated alkanes) is 2. The first-order valence-corrected chi connectivity index (χ1v) is 13.8. The summed E-state index contributed by atoms with van der Waals surface area (Å²) < 4.78 is 12.0. The van der Waals surface area contributed by atoms with Gasteiger partial charge in [-0.1, -0.05) is 44.4 Å².